The first-order valence-electron chi connectivity index (χ1n) is 7.21. The van der Waals surface area contributed by atoms with Crippen molar-refractivity contribution in [2.45, 2.75) is 19.3 Å². The molecule has 1 saturated heterocycles. The Bertz CT molecular complexity index is 403. The Balaban J connectivity index is 1.68. The Kier molecular flexibility index (Phi) is 5.88. The van der Waals surface area contributed by atoms with Gasteiger partial charge in [0.1, 0.15) is 0 Å². The second-order valence-electron chi connectivity index (χ2n) is 5.23. The van der Waals surface area contributed by atoms with Gasteiger partial charge in [-0.15, -0.1) is 0 Å². The van der Waals surface area contributed by atoms with Gasteiger partial charge in [0.05, 0.1) is 6.54 Å². The van der Waals surface area contributed by atoms with E-state index in [2.05, 4.69) is 25.5 Å². The molecule has 1 aromatic heterocycles. The van der Waals surface area contributed by atoms with E-state index in [-0.39, 0.29) is 5.91 Å². The number of nitrogens with one attached hydrogen (secondary N) is 2. The van der Waals surface area contributed by atoms with Crippen LogP contribution in [0, 0.1) is 5.92 Å². The Labute approximate surface area is 120 Å². The first kappa shape index (κ1) is 14.9. The number of hydrogen-bond acceptors (Lipinski definition) is 5. The van der Waals surface area contributed by atoms with Crippen LogP contribution in [0.5, 0.6) is 0 Å². The van der Waals surface area contributed by atoms with E-state index in [0.29, 0.717) is 12.5 Å². The largest absolute Gasteiger partial charge is 0.320 e. The summed E-state index contributed by atoms with van der Waals surface area (Å²) in [5, 5.41) is 5.92. The zero-order valence-electron chi connectivity index (χ0n) is 12.0. The van der Waals surface area contributed by atoms with Crippen LogP contribution in [0.1, 0.15) is 19.3 Å². The van der Waals surface area contributed by atoms with E-state index in [1.54, 1.807) is 18.5 Å². The molecule has 2 rings (SSSR count). The molecule has 0 atom stereocenters. The predicted molar refractivity (Wildman–Crippen MR) is 78.4 cm³/mol. The van der Waals surface area contributed by atoms with E-state index in [1.807, 2.05) is 7.05 Å². The number of rotatable bonds is 6. The monoisotopic (exact) mass is 277 g/mol. The van der Waals surface area contributed by atoms with Crippen molar-refractivity contribution < 1.29 is 4.79 Å². The molecule has 2 N–H and O–H groups in total. The number of aromatic nitrogens is 2. The van der Waals surface area contributed by atoms with Gasteiger partial charge in [-0.3, -0.25) is 15.0 Å². The molecule has 0 bridgehead atoms. The fourth-order valence-electron chi connectivity index (χ4n) is 2.51. The summed E-state index contributed by atoms with van der Waals surface area (Å²) in [6.45, 7) is 3.50. The third-order valence-electron chi connectivity index (χ3n) is 3.69. The zero-order valence-corrected chi connectivity index (χ0v) is 12.0. The number of nitrogens with zero attached hydrogens (tertiary/aromatic N) is 3. The van der Waals surface area contributed by atoms with Crippen molar-refractivity contribution >= 4 is 11.9 Å². The van der Waals surface area contributed by atoms with Crippen molar-refractivity contribution in [3.05, 3.63) is 18.5 Å². The summed E-state index contributed by atoms with van der Waals surface area (Å²) in [5.74, 6) is 1.13. The second kappa shape index (κ2) is 7.91. The lowest BCUT2D eigenvalue weighted by Crippen LogP contribution is -2.39. The van der Waals surface area contributed by atoms with Crippen LogP contribution in [-0.4, -0.2) is 54.0 Å². The summed E-state index contributed by atoms with van der Waals surface area (Å²) in [7, 11) is 1.99. The van der Waals surface area contributed by atoms with Crippen molar-refractivity contribution in [1.29, 1.82) is 0 Å². The zero-order chi connectivity index (χ0) is 14.2. The standard InChI is InChI=1S/C14H23N5O/c1-15-8-3-12-4-9-19(10-5-12)11-13(20)18-14-16-6-2-7-17-14/h2,6-7,12,15H,3-5,8-11H2,1H3,(H,16,17,18,20). The van der Waals surface area contributed by atoms with Crippen LogP contribution in [0.25, 0.3) is 0 Å². The fraction of sp³-hybridized carbons (Fsp3) is 0.643. The Morgan fingerprint density at radius 3 is 2.70 bits per heavy atom. The van der Waals surface area contributed by atoms with Gasteiger partial charge in [-0.05, 0) is 57.9 Å². The lowest BCUT2D eigenvalue weighted by atomic mass is 9.93. The van der Waals surface area contributed by atoms with Gasteiger partial charge in [-0.1, -0.05) is 0 Å². The molecular weight excluding hydrogens is 254 g/mol. The summed E-state index contributed by atoms with van der Waals surface area (Å²) >= 11 is 0. The summed E-state index contributed by atoms with van der Waals surface area (Å²) in [6.07, 6.45) is 6.83. The Hall–Kier alpha value is -1.53. The van der Waals surface area contributed by atoms with Crippen molar-refractivity contribution in [1.82, 2.24) is 20.2 Å². The van der Waals surface area contributed by atoms with E-state index in [9.17, 15) is 4.79 Å². The normalized spacial score (nSPS) is 17.1. The topological polar surface area (TPSA) is 70.2 Å². The maximum Gasteiger partial charge on any atom is 0.240 e. The number of carbonyl (C=O) groups excluding carboxylic acids is 1. The van der Waals surface area contributed by atoms with Gasteiger partial charge in [-0.2, -0.15) is 0 Å². The number of carbonyl (C=O) groups is 1. The molecule has 6 nitrogen and oxygen atoms in total. The Morgan fingerprint density at radius 2 is 2.05 bits per heavy atom. The minimum absolute atomic E-state index is 0.0372. The third-order valence-corrected chi connectivity index (χ3v) is 3.69. The van der Waals surface area contributed by atoms with Crippen molar-refractivity contribution in [3.63, 3.8) is 0 Å². The van der Waals surface area contributed by atoms with E-state index >= 15 is 0 Å². The number of hydrogen-bond donors (Lipinski definition) is 2. The molecule has 0 unspecified atom stereocenters. The summed E-state index contributed by atoms with van der Waals surface area (Å²) in [6, 6.07) is 1.73. The molecule has 1 aliphatic heterocycles. The molecular formula is C14H23N5O. The maximum absolute atomic E-state index is 11.9. The van der Waals surface area contributed by atoms with Crippen LogP contribution in [0.2, 0.25) is 0 Å². The molecule has 1 aromatic rings. The lowest BCUT2D eigenvalue weighted by molar-refractivity contribution is -0.117. The van der Waals surface area contributed by atoms with E-state index in [1.165, 1.54) is 19.3 Å². The molecule has 0 spiro atoms. The second-order valence-corrected chi connectivity index (χ2v) is 5.23. The minimum atomic E-state index is -0.0372. The third kappa shape index (κ3) is 4.86. The highest BCUT2D eigenvalue weighted by atomic mass is 16.2. The lowest BCUT2D eigenvalue weighted by Gasteiger charge is -2.31. The van der Waals surface area contributed by atoms with E-state index in [4.69, 9.17) is 0 Å². The first-order valence-corrected chi connectivity index (χ1v) is 7.21. The van der Waals surface area contributed by atoms with E-state index < -0.39 is 0 Å². The number of anilines is 1. The first-order chi connectivity index (χ1) is 9.78. The van der Waals surface area contributed by atoms with Crippen molar-refractivity contribution in [2.24, 2.45) is 5.92 Å². The van der Waals surface area contributed by atoms with Gasteiger partial charge in [0, 0.05) is 12.4 Å². The van der Waals surface area contributed by atoms with Crippen LogP contribution in [-0.2, 0) is 4.79 Å². The average molecular weight is 277 g/mol. The van der Waals surface area contributed by atoms with Gasteiger partial charge in [0.15, 0.2) is 0 Å². The molecule has 2 heterocycles. The van der Waals surface area contributed by atoms with Gasteiger partial charge >= 0.3 is 0 Å². The maximum atomic E-state index is 11.9. The number of likely N-dealkylation sites (tertiary alicyclic amines) is 1. The van der Waals surface area contributed by atoms with Crippen LogP contribution < -0.4 is 10.6 Å². The van der Waals surface area contributed by atoms with Crippen LogP contribution in [0.4, 0.5) is 5.95 Å². The molecule has 20 heavy (non-hydrogen) atoms. The SMILES string of the molecule is CNCCC1CCN(CC(=O)Nc2ncccn2)CC1. The molecule has 1 fully saturated rings. The quantitative estimate of drug-likeness (QED) is 0.802. The summed E-state index contributed by atoms with van der Waals surface area (Å²) in [5.41, 5.74) is 0. The average Bonchev–Trinajstić information content (AvgIpc) is 2.47. The smallest absolute Gasteiger partial charge is 0.240 e. The molecule has 0 aliphatic carbocycles. The predicted octanol–water partition coefficient (Wildman–Crippen LogP) is 0.737. The molecule has 1 amide bonds. The highest BCUT2D eigenvalue weighted by Crippen LogP contribution is 2.19. The number of amides is 1. The van der Waals surface area contributed by atoms with Crippen LogP contribution >= 0.6 is 0 Å². The highest BCUT2D eigenvalue weighted by molar-refractivity contribution is 5.90. The van der Waals surface area contributed by atoms with Crippen molar-refractivity contribution in [3.8, 4) is 0 Å². The molecule has 0 radical (unpaired) electrons. The fourth-order valence-corrected chi connectivity index (χ4v) is 2.51. The van der Waals surface area contributed by atoms with Crippen LogP contribution in [0.3, 0.4) is 0 Å². The summed E-state index contributed by atoms with van der Waals surface area (Å²) in [4.78, 5) is 22.1. The van der Waals surface area contributed by atoms with Crippen molar-refractivity contribution in [2.75, 3.05) is 38.5 Å². The van der Waals surface area contributed by atoms with Gasteiger partial charge in [0.25, 0.3) is 0 Å². The minimum Gasteiger partial charge on any atom is -0.320 e. The summed E-state index contributed by atoms with van der Waals surface area (Å²) < 4.78 is 0. The van der Waals surface area contributed by atoms with Gasteiger partial charge in [-0.25, -0.2) is 9.97 Å². The Morgan fingerprint density at radius 1 is 1.35 bits per heavy atom. The van der Waals surface area contributed by atoms with Crippen LogP contribution in [0.15, 0.2) is 18.5 Å². The van der Waals surface area contributed by atoms with Gasteiger partial charge < -0.3 is 5.32 Å². The van der Waals surface area contributed by atoms with Gasteiger partial charge in [0.2, 0.25) is 11.9 Å². The molecule has 0 aromatic carbocycles. The number of piperidine rings is 1. The van der Waals surface area contributed by atoms with E-state index in [0.717, 1.165) is 25.6 Å². The molecule has 110 valence electrons. The highest BCUT2D eigenvalue weighted by Gasteiger charge is 2.20. The molecule has 0 saturated carbocycles. The molecule has 1 aliphatic rings. The molecule has 6 heteroatoms.